The molecule has 0 aliphatic carbocycles. The van der Waals surface area contributed by atoms with Crippen molar-refractivity contribution in [2.75, 3.05) is 6.54 Å². The maximum absolute atomic E-state index is 13.1. The summed E-state index contributed by atoms with van der Waals surface area (Å²) in [6.07, 6.45) is -6.32. The molecule has 0 bridgehead atoms. The standard InChI is InChI=1S/C19H16F3NO5S/c20-19(21,22)17-15(18(24)25)11-13-10-14(6-7-16(13)28-17)29(26,27)23-9-8-12-4-2-1-3-5-12/h1-7,10-11,17,23H,8-9H2,(H,24,25)/t17-/m0/s1. The molecule has 3 rings (SSSR count). The number of hydrogen-bond acceptors (Lipinski definition) is 4. The van der Waals surface area contributed by atoms with E-state index in [2.05, 4.69) is 4.72 Å². The Hall–Kier alpha value is -2.85. The second-order valence-corrected chi connectivity index (χ2v) is 8.04. The number of ether oxygens (including phenoxy) is 1. The van der Waals surface area contributed by atoms with Crippen LogP contribution < -0.4 is 9.46 Å². The van der Waals surface area contributed by atoms with Gasteiger partial charge in [0.25, 0.3) is 0 Å². The minimum absolute atomic E-state index is 0.0613. The Balaban J connectivity index is 1.82. The highest BCUT2D eigenvalue weighted by Crippen LogP contribution is 2.38. The van der Waals surface area contributed by atoms with E-state index in [-0.39, 0.29) is 22.8 Å². The Morgan fingerprint density at radius 3 is 2.45 bits per heavy atom. The fourth-order valence-corrected chi connectivity index (χ4v) is 3.89. The average Bonchev–Trinajstić information content (AvgIpc) is 2.66. The Labute approximate surface area is 164 Å². The highest BCUT2D eigenvalue weighted by molar-refractivity contribution is 7.89. The second kappa shape index (κ2) is 7.88. The van der Waals surface area contributed by atoms with Crippen molar-refractivity contribution in [3.8, 4) is 5.75 Å². The van der Waals surface area contributed by atoms with E-state index in [0.29, 0.717) is 6.42 Å². The predicted octanol–water partition coefficient (Wildman–Crippen LogP) is 3.00. The van der Waals surface area contributed by atoms with Gasteiger partial charge in [0.15, 0.2) is 0 Å². The molecule has 0 amide bonds. The number of rotatable bonds is 6. The quantitative estimate of drug-likeness (QED) is 0.740. The number of carboxylic acid groups (broad SMARTS) is 1. The van der Waals surface area contributed by atoms with Crippen LogP contribution in [0.25, 0.3) is 6.08 Å². The number of alkyl halides is 3. The summed E-state index contributed by atoms with van der Waals surface area (Å²) >= 11 is 0. The van der Waals surface area contributed by atoms with E-state index < -0.39 is 33.8 Å². The van der Waals surface area contributed by atoms with Crippen LogP contribution in [0.5, 0.6) is 5.75 Å². The molecule has 6 nitrogen and oxygen atoms in total. The van der Waals surface area contributed by atoms with Gasteiger partial charge < -0.3 is 9.84 Å². The molecule has 2 aromatic carbocycles. The van der Waals surface area contributed by atoms with Gasteiger partial charge in [-0.15, -0.1) is 0 Å². The third-order valence-corrected chi connectivity index (χ3v) is 5.68. The van der Waals surface area contributed by atoms with E-state index in [1.54, 1.807) is 0 Å². The molecule has 1 aliphatic heterocycles. The van der Waals surface area contributed by atoms with Crippen molar-refractivity contribution in [2.24, 2.45) is 0 Å². The summed E-state index contributed by atoms with van der Waals surface area (Å²) < 4.78 is 71.3. The molecule has 0 spiro atoms. The van der Waals surface area contributed by atoms with Crippen molar-refractivity contribution in [3.05, 3.63) is 65.2 Å². The molecule has 154 valence electrons. The van der Waals surface area contributed by atoms with Crippen LogP contribution in [0.2, 0.25) is 0 Å². The Morgan fingerprint density at radius 1 is 1.14 bits per heavy atom. The molecule has 1 heterocycles. The Bertz CT molecular complexity index is 1050. The van der Waals surface area contributed by atoms with E-state index in [0.717, 1.165) is 29.8 Å². The summed E-state index contributed by atoms with van der Waals surface area (Å²) in [5, 5.41) is 9.07. The first-order valence-electron chi connectivity index (χ1n) is 8.44. The van der Waals surface area contributed by atoms with Crippen LogP contribution in [0, 0.1) is 0 Å². The summed E-state index contributed by atoms with van der Waals surface area (Å²) in [6, 6.07) is 12.5. The van der Waals surface area contributed by atoms with E-state index in [4.69, 9.17) is 9.84 Å². The number of sulfonamides is 1. The predicted molar refractivity (Wildman–Crippen MR) is 97.9 cm³/mol. The van der Waals surface area contributed by atoms with Crippen molar-refractivity contribution in [1.82, 2.24) is 4.72 Å². The van der Waals surface area contributed by atoms with Crippen LogP contribution in [-0.2, 0) is 21.2 Å². The maximum atomic E-state index is 13.1. The third kappa shape index (κ3) is 4.77. The van der Waals surface area contributed by atoms with E-state index in [1.165, 1.54) is 0 Å². The number of carboxylic acids is 1. The number of carbonyl (C=O) groups is 1. The number of nitrogens with one attached hydrogen (secondary N) is 1. The zero-order valence-electron chi connectivity index (χ0n) is 14.8. The second-order valence-electron chi connectivity index (χ2n) is 6.28. The van der Waals surface area contributed by atoms with Gasteiger partial charge in [-0.3, -0.25) is 0 Å². The van der Waals surface area contributed by atoms with Gasteiger partial charge in [0.2, 0.25) is 16.1 Å². The molecule has 0 saturated heterocycles. The first-order chi connectivity index (χ1) is 13.6. The summed E-state index contributed by atoms with van der Waals surface area (Å²) in [5.74, 6) is -2.05. The lowest BCUT2D eigenvalue weighted by Gasteiger charge is -2.27. The van der Waals surface area contributed by atoms with Crippen LogP contribution in [0.3, 0.4) is 0 Å². The normalized spacial score (nSPS) is 16.5. The van der Waals surface area contributed by atoms with Crippen molar-refractivity contribution >= 4 is 22.1 Å². The van der Waals surface area contributed by atoms with Gasteiger partial charge in [-0.25, -0.2) is 17.9 Å². The molecular formula is C19H16F3NO5S. The number of halogens is 3. The zero-order chi connectivity index (χ0) is 21.2. The molecule has 0 saturated carbocycles. The fraction of sp³-hybridized carbons (Fsp3) is 0.211. The lowest BCUT2D eigenvalue weighted by Crippen LogP contribution is -2.40. The van der Waals surface area contributed by atoms with Crippen molar-refractivity contribution in [1.29, 1.82) is 0 Å². The molecule has 2 N–H and O–H groups in total. The Kier molecular flexibility index (Phi) is 5.67. The molecule has 1 atom stereocenters. The highest BCUT2D eigenvalue weighted by atomic mass is 32.2. The van der Waals surface area contributed by atoms with Crippen LogP contribution in [-0.4, -0.2) is 38.3 Å². The van der Waals surface area contributed by atoms with Gasteiger partial charge in [0, 0.05) is 12.1 Å². The van der Waals surface area contributed by atoms with Crippen LogP contribution in [0.4, 0.5) is 13.2 Å². The molecular weight excluding hydrogens is 411 g/mol. The largest absolute Gasteiger partial charge is 0.478 e. The van der Waals surface area contributed by atoms with Crippen molar-refractivity contribution < 1.29 is 36.2 Å². The minimum Gasteiger partial charge on any atom is -0.478 e. The van der Waals surface area contributed by atoms with Crippen LogP contribution in [0.1, 0.15) is 11.1 Å². The summed E-state index contributed by atoms with van der Waals surface area (Å²) in [5.41, 5.74) is -0.147. The number of fused-ring (bicyclic) bond motifs is 1. The van der Waals surface area contributed by atoms with Gasteiger partial charge in [0.1, 0.15) is 5.75 Å². The topological polar surface area (TPSA) is 92.7 Å². The first-order valence-corrected chi connectivity index (χ1v) is 9.92. The summed E-state index contributed by atoms with van der Waals surface area (Å²) in [7, 11) is -3.95. The minimum atomic E-state index is -4.92. The van der Waals surface area contributed by atoms with Gasteiger partial charge in [-0.1, -0.05) is 30.3 Å². The molecule has 10 heteroatoms. The fourth-order valence-electron chi connectivity index (χ4n) is 2.82. The zero-order valence-corrected chi connectivity index (χ0v) is 15.6. The van der Waals surface area contributed by atoms with Crippen LogP contribution >= 0.6 is 0 Å². The maximum Gasteiger partial charge on any atom is 0.430 e. The molecule has 0 radical (unpaired) electrons. The molecule has 29 heavy (non-hydrogen) atoms. The number of hydrogen-bond donors (Lipinski definition) is 2. The number of aliphatic carboxylic acids is 1. The molecule has 0 unspecified atom stereocenters. The van der Waals surface area contributed by atoms with Gasteiger partial charge in [-0.05, 0) is 36.3 Å². The van der Waals surface area contributed by atoms with Crippen molar-refractivity contribution in [3.63, 3.8) is 0 Å². The summed E-state index contributed by atoms with van der Waals surface area (Å²) in [6.45, 7) is 0.117. The lowest BCUT2D eigenvalue weighted by molar-refractivity contribution is -0.187. The van der Waals surface area contributed by atoms with Crippen molar-refractivity contribution in [2.45, 2.75) is 23.6 Å². The summed E-state index contributed by atoms with van der Waals surface area (Å²) in [4.78, 5) is 11.0. The highest BCUT2D eigenvalue weighted by Gasteiger charge is 2.48. The monoisotopic (exact) mass is 427 g/mol. The molecule has 0 fully saturated rings. The van der Waals surface area contributed by atoms with E-state index in [1.807, 2.05) is 30.3 Å². The van der Waals surface area contributed by atoms with Gasteiger partial charge in [-0.2, -0.15) is 13.2 Å². The van der Waals surface area contributed by atoms with Gasteiger partial charge in [0.05, 0.1) is 10.5 Å². The first kappa shape index (κ1) is 20.9. The lowest BCUT2D eigenvalue weighted by atomic mass is 10.0. The Morgan fingerprint density at radius 2 is 1.83 bits per heavy atom. The smallest absolute Gasteiger partial charge is 0.430 e. The number of benzene rings is 2. The molecule has 1 aliphatic rings. The molecule has 2 aromatic rings. The van der Waals surface area contributed by atoms with Crippen LogP contribution in [0.15, 0.2) is 59.0 Å². The average molecular weight is 427 g/mol. The SMILES string of the molecule is O=C(O)C1=Cc2cc(S(=O)(=O)NCCc3ccccc3)ccc2O[C@@H]1C(F)(F)F. The third-order valence-electron chi connectivity index (χ3n) is 4.22. The van der Waals surface area contributed by atoms with Gasteiger partial charge >= 0.3 is 12.1 Å². The molecule has 0 aromatic heterocycles. The van der Waals surface area contributed by atoms with E-state index in [9.17, 15) is 26.4 Å². The van der Waals surface area contributed by atoms with E-state index >= 15 is 0 Å².